The fourth-order valence-corrected chi connectivity index (χ4v) is 3.42. The fourth-order valence-electron chi connectivity index (χ4n) is 3.42. The number of aromatic hydroxyl groups is 1. The molecule has 6 nitrogen and oxygen atoms in total. The van der Waals surface area contributed by atoms with Gasteiger partial charge in [0.2, 0.25) is 0 Å². The molecule has 3 rings (SSSR count). The number of carbonyl (C=O) groups excluding carboxylic acids is 1. The second-order valence-electron chi connectivity index (χ2n) is 6.21. The van der Waals surface area contributed by atoms with E-state index >= 15 is 0 Å². The Morgan fingerprint density at radius 2 is 1.92 bits per heavy atom. The minimum atomic E-state index is -1.27. The van der Waals surface area contributed by atoms with Gasteiger partial charge in [-0.25, -0.2) is 0 Å². The number of aryl methyl sites for hydroxylation is 1. The summed E-state index contributed by atoms with van der Waals surface area (Å²) in [7, 11) is 0. The van der Waals surface area contributed by atoms with Gasteiger partial charge in [-0.05, 0) is 37.0 Å². The summed E-state index contributed by atoms with van der Waals surface area (Å²) < 4.78 is 1.67. The first-order valence-corrected chi connectivity index (χ1v) is 7.75. The average Bonchev–Trinajstić information content (AvgIpc) is 3.03. The summed E-state index contributed by atoms with van der Waals surface area (Å²) in [5.41, 5.74) is 7.65. The Hall–Kier alpha value is -2.60. The number of hydrogen-bond donors (Lipinski definition) is 3. The van der Waals surface area contributed by atoms with Crippen molar-refractivity contribution in [3.05, 3.63) is 58.9 Å². The number of primary amides is 1. The zero-order valence-corrected chi connectivity index (χ0v) is 14.8. The number of phenols is 1. The third-order valence-electron chi connectivity index (χ3n) is 4.89. The number of halogens is 1. The molecule has 0 radical (unpaired) electrons. The Bertz CT molecular complexity index is 852. The average molecular weight is 362 g/mol. The van der Waals surface area contributed by atoms with Gasteiger partial charge in [0.25, 0.3) is 11.4 Å². The van der Waals surface area contributed by atoms with Gasteiger partial charge in [0, 0.05) is 24.6 Å². The molecule has 1 amide bonds. The Morgan fingerprint density at radius 1 is 1.28 bits per heavy atom. The summed E-state index contributed by atoms with van der Waals surface area (Å²) in [6.45, 7) is 3.58. The van der Waals surface area contributed by atoms with E-state index in [0.717, 1.165) is 11.1 Å². The largest absolute Gasteiger partial charge is 1.00 e. The third-order valence-corrected chi connectivity index (χ3v) is 4.89. The van der Waals surface area contributed by atoms with Crippen LogP contribution in [-0.2, 0) is 16.8 Å². The van der Waals surface area contributed by atoms with Crippen molar-refractivity contribution in [2.45, 2.75) is 32.2 Å². The van der Waals surface area contributed by atoms with Gasteiger partial charge in [-0.15, -0.1) is 0 Å². The van der Waals surface area contributed by atoms with Crippen LogP contribution >= 0.6 is 0 Å². The molecule has 1 atom stereocenters. The summed E-state index contributed by atoms with van der Waals surface area (Å²) in [4.78, 5) is 12.3. The summed E-state index contributed by atoms with van der Waals surface area (Å²) in [5, 5.41) is 23.4. The van der Waals surface area contributed by atoms with Crippen molar-refractivity contribution in [2.75, 3.05) is 0 Å². The number of oxime groups is 1. The quantitative estimate of drug-likeness (QED) is 0.347. The summed E-state index contributed by atoms with van der Waals surface area (Å²) in [6.07, 6.45) is 4.71. The zero-order valence-electron chi connectivity index (χ0n) is 14.0. The Labute approximate surface area is 152 Å². The SMILES string of the molecule is Cc1cc(C(C)(C(N)=O)[n+]2ccccc2)c(O)c2c1CC/C2=N\O.[Cl-]. The Kier molecular flexibility index (Phi) is 5.04. The monoisotopic (exact) mass is 361 g/mol. The van der Waals surface area contributed by atoms with Crippen LogP contribution < -0.4 is 22.7 Å². The van der Waals surface area contributed by atoms with Gasteiger partial charge in [0.05, 0.1) is 11.3 Å². The van der Waals surface area contributed by atoms with Crippen molar-refractivity contribution in [3.8, 4) is 5.75 Å². The number of fused-ring (bicyclic) bond motifs is 1. The van der Waals surface area contributed by atoms with Crippen LogP contribution in [0.15, 0.2) is 41.8 Å². The van der Waals surface area contributed by atoms with Gasteiger partial charge in [-0.2, -0.15) is 4.57 Å². The molecule has 4 N–H and O–H groups in total. The van der Waals surface area contributed by atoms with Crippen LogP contribution in [0.3, 0.4) is 0 Å². The topological polar surface area (TPSA) is 99.8 Å². The number of hydrogen-bond acceptors (Lipinski definition) is 4. The molecule has 0 spiro atoms. The van der Waals surface area contributed by atoms with Gasteiger partial charge in [0.1, 0.15) is 5.75 Å². The van der Waals surface area contributed by atoms with Crippen molar-refractivity contribution in [1.82, 2.24) is 0 Å². The van der Waals surface area contributed by atoms with Crippen molar-refractivity contribution >= 4 is 11.6 Å². The smallest absolute Gasteiger partial charge is 0.294 e. The van der Waals surface area contributed by atoms with Crippen LogP contribution in [0, 0.1) is 6.92 Å². The highest BCUT2D eigenvalue weighted by Crippen LogP contribution is 2.40. The molecule has 25 heavy (non-hydrogen) atoms. The predicted octanol–water partition coefficient (Wildman–Crippen LogP) is -1.63. The predicted molar refractivity (Wildman–Crippen MR) is 88.1 cm³/mol. The van der Waals surface area contributed by atoms with Crippen LogP contribution in [0.2, 0.25) is 0 Å². The highest BCUT2D eigenvalue weighted by Gasteiger charge is 2.46. The van der Waals surface area contributed by atoms with Gasteiger partial charge >= 0.3 is 0 Å². The maximum Gasteiger partial charge on any atom is 0.294 e. The number of aromatic nitrogens is 1. The molecule has 0 saturated carbocycles. The van der Waals surface area contributed by atoms with Crippen molar-refractivity contribution in [3.63, 3.8) is 0 Å². The first-order chi connectivity index (χ1) is 11.4. The number of carbonyl (C=O) groups is 1. The zero-order chi connectivity index (χ0) is 17.5. The minimum absolute atomic E-state index is 0. The number of benzene rings is 1. The van der Waals surface area contributed by atoms with Crippen LogP contribution in [0.4, 0.5) is 0 Å². The normalized spacial score (nSPS) is 16.8. The molecule has 0 fully saturated rings. The van der Waals surface area contributed by atoms with Gasteiger partial charge in [-0.1, -0.05) is 11.2 Å². The number of phenolic OH excluding ortho intramolecular Hbond substituents is 1. The molecule has 0 aliphatic heterocycles. The van der Waals surface area contributed by atoms with Gasteiger partial charge < -0.3 is 28.5 Å². The number of amides is 1. The van der Waals surface area contributed by atoms with Crippen molar-refractivity contribution < 1.29 is 32.1 Å². The van der Waals surface area contributed by atoms with E-state index in [1.807, 2.05) is 13.0 Å². The number of rotatable bonds is 3. The number of pyridine rings is 1. The van der Waals surface area contributed by atoms with Gasteiger partial charge in [0.15, 0.2) is 12.4 Å². The lowest BCUT2D eigenvalue weighted by Gasteiger charge is -2.24. The Morgan fingerprint density at radius 3 is 2.48 bits per heavy atom. The standard InChI is InChI=1S/C18H19N3O3.ClH/c1-11-10-13(16(22)15-12(11)6-7-14(15)20-24)18(2,17(19)23)21-8-4-3-5-9-21;/h3-5,8-10H,6-7H2,1-2H3,(H3-,19,20,22,23,24);1H. The molecular weight excluding hydrogens is 342 g/mol. The van der Waals surface area contributed by atoms with E-state index in [9.17, 15) is 15.1 Å². The summed E-state index contributed by atoms with van der Waals surface area (Å²) in [5.74, 6) is -0.646. The summed E-state index contributed by atoms with van der Waals surface area (Å²) >= 11 is 0. The molecule has 1 aliphatic rings. The van der Waals surface area contributed by atoms with Crippen molar-refractivity contribution in [1.29, 1.82) is 0 Å². The van der Waals surface area contributed by atoms with E-state index in [2.05, 4.69) is 5.16 Å². The van der Waals surface area contributed by atoms with E-state index in [1.165, 1.54) is 0 Å². The minimum Gasteiger partial charge on any atom is -1.00 e. The van der Waals surface area contributed by atoms with E-state index in [1.54, 1.807) is 42.1 Å². The molecule has 0 saturated heterocycles. The second-order valence-corrected chi connectivity index (χ2v) is 6.21. The van der Waals surface area contributed by atoms with E-state index in [4.69, 9.17) is 5.73 Å². The van der Waals surface area contributed by atoms with Crippen LogP contribution in [-0.4, -0.2) is 21.9 Å². The molecule has 2 aromatic rings. The maximum absolute atomic E-state index is 12.3. The molecule has 1 aliphatic carbocycles. The molecule has 7 heteroatoms. The van der Waals surface area contributed by atoms with Crippen LogP contribution in [0.25, 0.3) is 0 Å². The first kappa shape index (κ1) is 18.7. The molecule has 1 aromatic heterocycles. The molecular formula is C18H20ClN3O3. The second kappa shape index (κ2) is 6.72. The highest BCUT2D eigenvalue weighted by molar-refractivity contribution is 6.07. The van der Waals surface area contributed by atoms with Crippen LogP contribution in [0.5, 0.6) is 5.75 Å². The van der Waals surface area contributed by atoms with E-state index in [0.29, 0.717) is 29.7 Å². The first-order valence-electron chi connectivity index (χ1n) is 7.75. The molecule has 1 aromatic carbocycles. The van der Waals surface area contributed by atoms with Crippen LogP contribution in [0.1, 0.15) is 35.6 Å². The molecule has 1 unspecified atom stereocenters. The molecule has 132 valence electrons. The highest BCUT2D eigenvalue weighted by atomic mass is 35.5. The maximum atomic E-state index is 12.3. The number of nitrogens with zero attached hydrogens (tertiary/aromatic N) is 2. The van der Waals surface area contributed by atoms with Crippen molar-refractivity contribution in [2.24, 2.45) is 10.9 Å². The lowest BCUT2D eigenvalue weighted by Crippen LogP contribution is -3.00. The molecule has 0 bridgehead atoms. The van der Waals surface area contributed by atoms with Gasteiger partial charge in [-0.3, -0.25) is 4.79 Å². The van der Waals surface area contributed by atoms with E-state index in [-0.39, 0.29) is 18.2 Å². The third kappa shape index (κ3) is 2.72. The van der Waals surface area contributed by atoms with E-state index < -0.39 is 11.4 Å². The molecule has 1 heterocycles. The fraction of sp³-hybridized carbons (Fsp3) is 0.278. The lowest BCUT2D eigenvalue weighted by atomic mass is 9.85. The lowest BCUT2D eigenvalue weighted by molar-refractivity contribution is -0.735. The number of nitrogens with two attached hydrogens (primary N) is 1. The Balaban J connectivity index is 0.00000225. The summed E-state index contributed by atoms with van der Waals surface area (Å²) in [6, 6.07) is 7.21.